The first-order chi connectivity index (χ1) is 15.7. The molecule has 2 amide bonds. The van der Waals surface area contributed by atoms with E-state index in [-0.39, 0.29) is 10.7 Å². The number of thiocarbonyl (C=S) groups is 1. The molecule has 1 N–H and O–H groups in total. The number of rotatable bonds is 4. The van der Waals surface area contributed by atoms with Crippen LogP contribution in [-0.4, -0.2) is 28.6 Å². The number of ether oxygens (including phenoxy) is 1. The molecule has 168 valence electrons. The minimum absolute atomic E-state index is 0.00478. The summed E-state index contributed by atoms with van der Waals surface area (Å²) in [6, 6.07) is 14.7. The first kappa shape index (κ1) is 22.8. The van der Waals surface area contributed by atoms with Crippen molar-refractivity contribution in [2.75, 3.05) is 12.0 Å². The van der Waals surface area contributed by atoms with Gasteiger partial charge in [0.15, 0.2) is 5.11 Å². The molecule has 0 spiro atoms. The Bertz CT molecular complexity index is 1340. The smallest absolute Gasteiger partial charge is 0.270 e. The lowest BCUT2D eigenvalue weighted by Crippen LogP contribution is -2.54. The average Bonchev–Trinajstić information content (AvgIpc) is 3.05. The number of nitrogens with zero attached hydrogens (tertiary/aromatic N) is 2. The molecule has 1 aliphatic heterocycles. The fourth-order valence-corrected chi connectivity index (χ4v) is 4.43. The molecule has 0 radical (unpaired) electrons. The Morgan fingerprint density at radius 2 is 1.76 bits per heavy atom. The molecule has 0 saturated carbocycles. The maximum atomic E-state index is 13.4. The summed E-state index contributed by atoms with van der Waals surface area (Å²) in [5.74, 6) is -0.342. The molecular weight excluding hydrogens is 458 g/mol. The molecule has 8 heteroatoms. The highest BCUT2D eigenvalue weighted by Crippen LogP contribution is 2.32. The third kappa shape index (κ3) is 4.05. The Balaban J connectivity index is 1.81. The van der Waals surface area contributed by atoms with Gasteiger partial charge >= 0.3 is 0 Å². The second-order valence-corrected chi connectivity index (χ2v) is 8.55. The summed E-state index contributed by atoms with van der Waals surface area (Å²) >= 11 is 11.5. The van der Waals surface area contributed by atoms with Crippen LogP contribution in [0.1, 0.15) is 22.5 Å². The summed E-state index contributed by atoms with van der Waals surface area (Å²) in [7, 11) is 1.60. The van der Waals surface area contributed by atoms with Crippen LogP contribution in [-0.2, 0) is 9.59 Å². The van der Waals surface area contributed by atoms with E-state index in [4.69, 9.17) is 28.6 Å². The number of para-hydroxylation sites is 1. The molecule has 1 saturated heterocycles. The van der Waals surface area contributed by atoms with Gasteiger partial charge < -0.3 is 9.30 Å². The van der Waals surface area contributed by atoms with Crippen molar-refractivity contribution in [1.82, 2.24) is 9.88 Å². The van der Waals surface area contributed by atoms with E-state index in [9.17, 15) is 9.59 Å². The zero-order chi connectivity index (χ0) is 23.9. The first-order valence-electron chi connectivity index (χ1n) is 10.2. The van der Waals surface area contributed by atoms with Gasteiger partial charge in [0, 0.05) is 16.4 Å². The minimum Gasteiger partial charge on any atom is -0.495 e. The average molecular weight is 480 g/mol. The number of methoxy groups -OCH3 is 1. The van der Waals surface area contributed by atoms with Crippen molar-refractivity contribution in [3.8, 4) is 11.4 Å². The van der Waals surface area contributed by atoms with Gasteiger partial charge in [0.25, 0.3) is 11.8 Å². The second-order valence-electron chi connectivity index (χ2n) is 7.72. The van der Waals surface area contributed by atoms with E-state index in [0.29, 0.717) is 16.5 Å². The van der Waals surface area contributed by atoms with Gasteiger partial charge in [0.1, 0.15) is 11.3 Å². The molecule has 1 aromatic heterocycles. The number of halogens is 1. The fraction of sp³-hybridized carbons (Fsp3) is 0.160. The van der Waals surface area contributed by atoms with Crippen LogP contribution in [0.5, 0.6) is 5.75 Å². The van der Waals surface area contributed by atoms with Crippen LogP contribution in [0.25, 0.3) is 11.8 Å². The summed E-state index contributed by atoms with van der Waals surface area (Å²) in [6.45, 7) is 5.73. The van der Waals surface area contributed by atoms with Crippen LogP contribution in [0.2, 0.25) is 5.02 Å². The van der Waals surface area contributed by atoms with E-state index in [1.165, 1.54) is 4.90 Å². The molecular formula is C25H22ClN3O3S. The van der Waals surface area contributed by atoms with Crippen LogP contribution < -0.4 is 15.0 Å². The number of carbonyl (C=O) groups is 2. The van der Waals surface area contributed by atoms with Crippen molar-refractivity contribution in [2.24, 2.45) is 0 Å². The first-order valence-corrected chi connectivity index (χ1v) is 11.0. The fourth-order valence-electron chi connectivity index (χ4n) is 3.99. The van der Waals surface area contributed by atoms with E-state index < -0.39 is 11.8 Å². The number of amides is 2. The summed E-state index contributed by atoms with van der Waals surface area (Å²) in [5, 5.41) is 3.27. The molecule has 3 aromatic rings. The largest absolute Gasteiger partial charge is 0.495 e. The SMILES string of the molecule is COc1ccc(Cl)cc1-n1c(C)cc(/C=C2\C(=O)NC(=S)N(c3ccccc3C)C2=O)c1C. The summed E-state index contributed by atoms with van der Waals surface area (Å²) in [4.78, 5) is 27.5. The van der Waals surface area contributed by atoms with Crippen LogP contribution in [0.3, 0.4) is 0 Å². The van der Waals surface area contributed by atoms with Crippen LogP contribution in [0, 0.1) is 20.8 Å². The number of carbonyl (C=O) groups excluding carboxylic acids is 2. The summed E-state index contributed by atoms with van der Waals surface area (Å²) < 4.78 is 7.49. The number of nitrogens with one attached hydrogen (secondary N) is 1. The second kappa shape index (κ2) is 8.84. The Kier molecular flexibility index (Phi) is 6.10. The quantitative estimate of drug-likeness (QED) is 0.328. The van der Waals surface area contributed by atoms with Gasteiger partial charge in [0.2, 0.25) is 0 Å². The van der Waals surface area contributed by atoms with Gasteiger partial charge in [-0.3, -0.25) is 19.8 Å². The van der Waals surface area contributed by atoms with Gasteiger partial charge in [-0.1, -0.05) is 29.8 Å². The Morgan fingerprint density at radius 3 is 2.45 bits per heavy atom. The topological polar surface area (TPSA) is 63.6 Å². The van der Waals surface area contributed by atoms with Gasteiger partial charge in [0.05, 0.1) is 18.5 Å². The van der Waals surface area contributed by atoms with E-state index in [0.717, 1.165) is 28.2 Å². The predicted molar refractivity (Wildman–Crippen MR) is 134 cm³/mol. The number of hydrogen-bond acceptors (Lipinski definition) is 4. The highest BCUT2D eigenvalue weighted by Gasteiger charge is 2.35. The van der Waals surface area contributed by atoms with Crippen LogP contribution >= 0.6 is 23.8 Å². The zero-order valence-electron chi connectivity index (χ0n) is 18.6. The van der Waals surface area contributed by atoms with Crippen molar-refractivity contribution >= 4 is 52.5 Å². The Morgan fingerprint density at radius 1 is 1.03 bits per heavy atom. The molecule has 0 unspecified atom stereocenters. The van der Waals surface area contributed by atoms with Gasteiger partial charge in [-0.2, -0.15) is 0 Å². The molecule has 0 bridgehead atoms. The number of benzene rings is 2. The van der Waals surface area contributed by atoms with E-state index in [1.807, 2.05) is 55.7 Å². The molecule has 4 rings (SSSR count). The Labute approximate surface area is 202 Å². The predicted octanol–water partition coefficient (Wildman–Crippen LogP) is 4.90. The third-order valence-electron chi connectivity index (χ3n) is 5.61. The van der Waals surface area contributed by atoms with E-state index in [1.54, 1.807) is 31.4 Å². The maximum absolute atomic E-state index is 13.4. The highest BCUT2D eigenvalue weighted by atomic mass is 35.5. The van der Waals surface area contributed by atoms with Crippen molar-refractivity contribution in [3.05, 3.63) is 81.6 Å². The highest BCUT2D eigenvalue weighted by molar-refractivity contribution is 7.80. The molecule has 33 heavy (non-hydrogen) atoms. The van der Waals surface area contributed by atoms with E-state index in [2.05, 4.69) is 5.32 Å². The Hall–Kier alpha value is -3.42. The van der Waals surface area contributed by atoms with Crippen molar-refractivity contribution < 1.29 is 14.3 Å². The maximum Gasteiger partial charge on any atom is 0.270 e. The summed E-state index contributed by atoms with van der Waals surface area (Å²) in [6.07, 6.45) is 1.60. The molecule has 2 heterocycles. The van der Waals surface area contributed by atoms with Gasteiger partial charge in [-0.15, -0.1) is 0 Å². The van der Waals surface area contributed by atoms with Crippen LogP contribution in [0.15, 0.2) is 54.1 Å². The molecule has 1 aliphatic rings. The number of aromatic nitrogens is 1. The lowest BCUT2D eigenvalue weighted by atomic mass is 10.1. The number of aryl methyl sites for hydroxylation is 2. The van der Waals surface area contributed by atoms with Crippen molar-refractivity contribution in [1.29, 1.82) is 0 Å². The number of hydrogen-bond donors (Lipinski definition) is 1. The van der Waals surface area contributed by atoms with Crippen molar-refractivity contribution in [3.63, 3.8) is 0 Å². The molecule has 0 atom stereocenters. The lowest BCUT2D eigenvalue weighted by Gasteiger charge is -2.30. The van der Waals surface area contributed by atoms with Gasteiger partial charge in [-0.25, -0.2) is 0 Å². The number of anilines is 1. The lowest BCUT2D eigenvalue weighted by molar-refractivity contribution is -0.122. The third-order valence-corrected chi connectivity index (χ3v) is 6.13. The van der Waals surface area contributed by atoms with Crippen LogP contribution in [0.4, 0.5) is 5.69 Å². The molecule has 0 aliphatic carbocycles. The standard InChI is InChI=1S/C25H22ClN3O3S/c1-14-7-5-6-8-20(14)29-24(31)19(23(30)27-25(29)33)12-17-11-15(2)28(16(17)3)21-13-18(26)9-10-22(21)32-4/h5-13H,1-4H3,(H,27,30,33)/b19-12+. The summed E-state index contributed by atoms with van der Waals surface area (Å²) in [5.41, 5.74) is 4.73. The van der Waals surface area contributed by atoms with Crippen molar-refractivity contribution in [2.45, 2.75) is 20.8 Å². The minimum atomic E-state index is -0.528. The van der Waals surface area contributed by atoms with Gasteiger partial charge in [-0.05, 0) is 80.5 Å². The zero-order valence-corrected chi connectivity index (χ0v) is 20.2. The molecule has 2 aromatic carbocycles. The molecule has 6 nitrogen and oxygen atoms in total. The normalized spacial score (nSPS) is 15.2. The molecule has 1 fully saturated rings. The van der Waals surface area contributed by atoms with E-state index >= 15 is 0 Å². The monoisotopic (exact) mass is 479 g/mol.